The van der Waals surface area contributed by atoms with Crippen molar-refractivity contribution < 1.29 is 22.7 Å². The van der Waals surface area contributed by atoms with Gasteiger partial charge in [0.05, 0.1) is 23.9 Å². The number of aliphatic imine (C=N–C) groups is 1. The fraction of sp³-hybridized carbons (Fsp3) is 0.227. The molecule has 0 atom stereocenters. The number of benzene rings is 2. The van der Waals surface area contributed by atoms with Crippen LogP contribution in [0, 0.1) is 25.2 Å². The number of nitrogens with one attached hydrogen (secondary N) is 1. The normalized spacial score (nSPS) is 10.9. The monoisotopic (exact) mass is 417 g/mol. The maximum Gasteiger partial charge on any atom is 0.573 e. The minimum atomic E-state index is -4.60. The van der Waals surface area contributed by atoms with E-state index in [1.807, 2.05) is 19.1 Å². The second-order valence-corrected chi connectivity index (χ2v) is 6.06. The van der Waals surface area contributed by atoms with Crippen molar-refractivity contribution in [2.45, 2.75) is 20.2 Å². The summed E-state index contributed by atoms with van der Waals surface area (Å²) in [4.78, 5) is 15.3. The molecule has 0 heterocycles. The molecule has 8 heteroatoms. The Kier molecular flexibility index (Phi) is 9.30. The fourth-order valence-corrected chi connectivity index (χ4v) is 2.41. The van der Waals surface area contributed by atoms with Gasteiger partial charge in [0.1, 0.15) is 5.75 Å². The van der Waals surface area contributed by atoms with E-state index < -0.39 is 6.36 Å². The maximum absolute atomic E-state index is 11.6. The van der Waals surface area contributed by atoms with Gasteiger partial charge in [0.25, 0.3) is 0 Å². The van der Waals surface area contributed by atoms with Crippen molar-refractivity contribution in [3.8, 4) is 11.8 Å². The minimum Gasteiger partial charge on any atom is -0.406 e. The number of carbonyl (C=O) groups is 1. The number of hydrogen-bond donors (Lipinski definition) is 1. The minimum absolute atomic E-state index is 0.187. The number of halogens is 3. The van der Waals surface area contributed by atoms with E-state index >= 15 is 0 Å². The second-order valence-electron chi connectivity index (χ2n) is 6.06. The van der Waals surface area contributed by atoms with Crippen LogP contribution >= 0.6 is 0 Å². The zero-order chi connectivity index (χ0) is 22.7. The summed E-state index contributed by atoms with van der Waals surface area (Å²) in [7, 11) is 1.64. The highest BCUT2D eigenvalue weighted by Crippen LogP contribution is 2.22. The predicted octanol–water partition coefficient (Wildman–Crippen LogP) is 4.48. The molecule has 0 aromatic heterocycles. The zero-order valence-electron chi connectivity index (χ0n) is 16.9. The molecule has 0 saturated heterocycles. The summed E-state index contributed by atoms with van der Waals surface area (Å²) >= 11 is 0. The number of nitriles is 1. The van der Waals surface area contributed by atoms with E-state index in [9.17, 15) is 18.0 Å². The van der Waals surface area contributed by atoms with Crippen LogP contribution in [0.2, 0.25) is 0 Å². The molecule has 2 rings (SSSR count). The van der Waals surface area contributed by atoms with Crippen molar-refractivity contribution >= 4 is 11.6 Å². The van der Waals surface area contributed by atoms with E-state index in [1.165, 1.54) is 18.2 Å². The Bertz CT molecular complexity index is 944. The van der Waals surface area contributed by atoms with Gasteiger partial charge >= 0.3 is 6.36 Å². The first-order chi connectivity index (χ1) is 14.1. The van der Waals surface area contributed by atoms with Crippen LogP contribution in [0.5, 0.6) is 5.75 Å². The molecule has 5 nitrogen and oxygen atoms in total. The third-order valence-corrected chi connectivity index (χ3v) is 3.82. The van der Waals surface area contributed by atoms with Gasteiger partial charge in [0.15, 0.2) is 0 Å². The Morgan fingerprint density at radius 1 is 1.23 bits per heavy atom. The summed E-state index contributed by atoms with van der Waals surface area (Å²) in [6.45, 7) is 7.37. The van der Waals surface area contributed by atoms with Crippen LogP contribution in [-0.4, -0.2) is 31.6 Å². The van der Waals surface area contributed by atoms with Crippen molar-refractivity contribution in [2.24, 2.45) is 4.99 Å². The molecule has 1 amide bonds. The van der Waals surface area contributed by atoms with Crippen LogP contribution < -0.4 is 10.1 Å². The molecule has 2 aromatic rings. The highest BCUT2D eigenvalue weighted by Gasteiger charge is 2.30. The summed E-state index contributed by atoms with van der Waals surface area (Å²) in [5, 5.41) is 11.8. The summed E-state index contributed by atoms with van der Waals surface area (Å²) in [6, 6.07) is 13.3. The van der Waals surface area contributed by atoms with Crippen molar-refractivity contribution in [3.05, 3.63) is 77.4 Å². The molecule has 0 fully saturated rings. The van der Waals surface area contributed by atoms with E-state index in [4.69, 9.17) is 5.26 Å². The molecule has 0 unspecified atom stereocenters. The zero-order valence-corrected chi connectivity index (χ0v) is 16.9. The molecule has 0 radical (unpaired) electrons. The highest BCUT2D eigenvalue weighted by molar-refractivity contribution is 6.06. The number of amides is 1. The molecular weight excluding hydrogens is 395 g/mol. The summed E-state index contributed by atoms with van der Waals surface area (Å²) in [5.74, 6) is -0.448. The van der Waals surface area contributed by atoms with Crippen LogP contribution in [0.15, 0.2) is 60.1 Å². The molecule has 0 spiro atoms. The molecule has 0 aliphatic heterocycles. The third-order valence-electron chi connectivity index (χ3n) is 3.82. The Morgan fingerprint density at radius 3 is 2.37 bits per heavy atom. The number of alkyl halides is 3. The molecule has 0 saturated carbocycles. The fourth-order valence-electron chi connectivity index (χ4n) is 2.41. The quantitative estimate of drug-likeness (QED) is 0.576. The van der Waals surface area contributed by atoms with Gasteiger partial charge in [0, 0.05) is 12.6 Å². The highest BCUT2D eigenvalue weighted by atomic mass is 19.4. The lowest BCUT2D eigenvalue weighted by molar-refractivity contribution is -0.274. The van der Waals surface area contributed by atoms with Crippen LogP contribution in [0.25, 0.3) is 0 Å². The van der Waals surface area contributed by atoms with E-state index in [-0.39, 0.29) is 18.2 Å². The van der Waals surface area contributed by atoms with Crippen LogP contribution in [-0.2, 0) is 4.79 Å². The largest absolute Gasteiger partial charge is 0.573 e. The second kappa shape index (κ2) is 11.4. The topological polar surface area (TPSA) is 74.5 Å². The number of carbonyl (C=O) groups excluding carboxylic acids is 1. The molecule has 0 aliphatic rings. The standard InChI is InChI=1S/C14H15N3O.C8H7F3O/c1-4-13(18)17-9-12(16-3)14-10(2)6-5-7-11(14)8-15;1-6-2-4-7(5-3-6)12-8(9,10)11/h4-7H,1,9H2,2-3H3,(H,17,18);2-5H,1H3. The smallest absolute Gasteiger partial charge is 0.406 e. The Balaban J connectivity index is 0.000000325. The lowest BCUT2D eigenvalue weighted by Crippen LogP contribution is -2.29. The molecule has 30 heavy (non-hydrogen) atoms. The molecule has 158 valence electrons. The van der Waals surface area contributed by atoms with Gasteiger partial charge in [-0.15, -0.1) is 13.2 Å². The van der Waals surface area contributed by atoms with Gasteiger partial charge < -0.3 is 10.1 Å². The van der Waals surface area contributed by atoms with Crippen molar-refractivity contribution in [1.82, 2.24) is 5.32 Å². The van der Waals surface area contributed by atoms with Crippen LogP contribution in [0.1, 0.15) is 22.3 Å². The Hall–Kier alpha value is -3.60. The van der Waals surface area contributed by atoms with Crippen molar-refractivity contribution in [2.75, 3.05) is 13.6 Å². The predicted molar refractivity (Wildman–Crippen MR) is 109 cm³/mol. The van der Waals surface area contributed by atoms with E-state index in [2.05, 4.69) is 27.7 Å². The Labute approximate surface area is 173 Å². The number of rotatable bonds is 5. The van der Waals surface area contributed by atoms with E-state index in [1.54, 1.807) is 32.2 Å². The average molecular weight is 417 g/mol. The summed E-state index contributed by atoms with van der Waals surface area (Å²) in [6.07, 6.45) is -3.40. The van der Waals surface area contributed by atoms with Gasteiger partial charge in [-0.2, -0.15) is 5.26 Å². The first-order valence-electron chi connectivity index (χ1n) is 8.79. The summed E-state index contributed by atoms with van der Waals surface area (Å²) in [5.41, 5.74) is 3.88. The average Bonchev–Trinajstić information content (AvgIpc) is 2.70. The number of hydrogen-bond acceptors (Lipinski definition) is 4. The number of nitrogens with zero attached hydrogens (tertiary/aromatic N) is 2. The molecule has 0 aliphatic carbocycles. The SMILES string of the molecule is C=CC(=O)NCC(=NC)c1c(C)cccc1C#N.Cc1ccc(OC(F)(F)F)cc1. The van der Waals surface area contributed by atoms with Gasteiger partial charge in [-0.3, -0.25) is 9.79 Å². The molecule has 1 N–H and O–H groups in total. The lowest BCUT2D eigenvalue weighted by Gasteiger charge is -2.11. The van der Waals surface area contributed by atoms with Gasteiger partial charge in [-0.25, -0.2) is 0 Å². The first kappa shape index (κ1) is 24.4. The van der Waals surface area contributed by atoms with Crippen LogP contribution in [0.3, 0.4) is 0 Å². The summed E-state index contributed by atoms with van der Waals surface area (Å²) < 4.78 is 38.5. The van der Waals surface area contributed by atoms with Crippen molar-refractivity contribution in [1.29, 1.82) is 5.26 Å². The third kappa shape index (κ3) is 8.19. The Morgan fingerprint density at radius 2 is 1.87 bits per heavy atom. The van der Waals surface area contributed by atoms with Gasteiger partial charge in [0.2, 0.25) is 5.91 Å². The van der Waals surface area contributed by atoms with Crippen molar-refractivity contribution in [3.63, 3.8) is 0 Å². The van der Waals surface area contributed by atoms with E-state index in [0.717, 1.165) is 16.7 Å². The molecular formula is C22H22F3N3O2. The molecule has 2 aromatic carbocycles. The maximum atomic E-state index is 11.6. The van der Waals surface area contributed by atoms with Gasteiger partial charge in [-0.05, 0) is 43.7 Å². The first-order valence-corrected chi connectivity index (χ1v) is 8.79. The number of aryl methyl sites for hydroxylation is 2. The van der Waals surface area contributed by atoms with E-state index in [0.29, 0.717) is 11.3 Å². The molecule has 0 bridgehead atoms. The lowest BCUT2D eigenvalue weighted by atomic mass is 9.98. The number of ether oxygens (including phenoxy) is 1. The van der Waals surface area contributed by atoms with Gasteiger partial charge in [-0.1, -0.05) is 36.4 Å². The van der Waals surface area contributed by atoms with Crippen LogP contribution in [0.4, 0.5) is 13.2 Å².